The fourth-order valence-electron chi connectivity index (χ4n) is 1.53. The summed E-state index contributed by atoms with van der Waals surface area (Å²) in [6.07, 6.45) is 4.67. The average Bonchev–Trinajstić information content (AvgIpc) is 2.88. The predicted octanol–water partition coefficient (Wildman–Crippen LogP) is 1.11. The minimum Gasteiger partial charge on any atom is -0.480 e. The van der Waals surface area contributed by atoms with Gasteiger partial charge in [0.05, 0.1) is 6.33 Å². The topological polar surface area (TPSA) is 113 Å². The number of hydrogen-bond acceptors (Lipinski definition) is 4. The molecule has 8 heteroatoms. The van der Waals surface area contributed by atoms with Crippen LogP contribution in [0.5, 0.6) is 0 Å². The van der Waals surface area contributed by atoms with Crippen molar-refractivity contribution in [3.63, 3.8) is 0 Å². The highest BCUT2D eigenvalue weighted by atomic mass is 16.4. The molecule has 3 N–H and O–H groups in total. The maximum atomic E-state index is 11.8. The van der Waals surface area contributed by atoms with Crippen LogP contribution in [0.3, 0.4) is 0 Å². The smallest absolute Gasteiger partial charge is 0.322 e. The van der Waals surface area contributed by atoms with Crippen LogP contribution in [0, 0.1) is 5.41 Å². The van der Waals surface area contributed by atoms with Gasteiger partial charge in [0.2, 0.25) is 11.8 Å². The van der Waals surface area contributed by atoms with E-state index in [0.717, 1.165) is 5.69 Å². The van der Waals surface area contributed by atoms with Crippen molar-refractivity contribution in [3.05, 3.63) is 18.2 Å². The SMILES string of the molecule is CC(=O)N[C@@H](Cc1cncn1C)C(=O)NCC(=O)O.CCC(C)(C)C. The lowest BCUT2D eigenvalue weighted by molar-refractivity contribution is -0.138. The van der Waals surface area contributed by atoms with Crippen LogP contribution in [0.25, 0.3) is 0 Å². The third kappa shape index (κ3) is 10.9. The molecule has 0 bridgehead atoms. The second kappa shape index (κ2) is 10.5. The highest BCUT2D eigenvalue weighted by Gasteiger charge is 2.21. The number of amides is 2. The van der Waals surface area contributed by atoms with E-state index < -0.39 is 24.5 Å². The summed E-state index contributed by atoms with van der Waals surface area (Å²) in [4.78, 5) is 37.2. The minimum atomic E-state index is -1.14. The van der Waals surface area contributed by atoms with Crippen molar-refractivity contribution in [2.75, 3.05) is 6.54 Å². The number of rotatable bonds is 6. The fraction of sp³-hybridized carbons (Fsp3) is 0.647. The molecule has 1 rings (SSSR count). The molecule has 25 heavy (non-hydrogen) atoms. The molecule has 0 saturated carbocycles. The van der Waals surface area contributed by atoms with Crippen LogP contribution in [0.2, 0.25) is 0 Å². The third-order valence-corrected chi connectivity index (χ3v) is 3.50. The zero-order valence-electron chi connectivity index (χ0n) is 15.9. The molecular formula is C17H30N4O4. The maximum absolute atomic E-state index is 11.8. The molecule has 1 aromatic rings. The first kappa shape index (κ1) is 22.6. The Labute approximate surface area is 149 Å². The van der Waals surface area contributed by atoms with E-state index in [1.165, 1.54) is 13.3 Å². The molecule has 8 nitrogen and oxygen atoms in total. The van der Waals surface area contributed by atoms with E-state index >= 15 is 0 Å². The van der Waals surface area contributed by atoms with Crippen LogP contribution < -0.4 is 10.6 Å². The number of hydrogen-bond donors (Lipinski definition) is 3. The van der Waals surface area contributed by atoms with Crippen molar-refractivity contribution in [2.24, 2.45) is 12.5 Å². The highest BCUT2D eigenvalue weighted by Crippen LogP contribution is 2.16. The molecule has 0 saturated heterocycles. The lowest BCUT2D eigenvalue weighted by Gasteiger charge is -2.17. The van der Waals surface area contributed by atoms with Gasteiger partial charge < -0.3 is 20.3 Å². The second-order valence-corrected chi connectivity index (χ2v) is 6.98. The summed E-state index contributed by atoms with van der Waals surface area (Å²) >= 11 is 0. The van der Waals surface area contributed by atoms with Gasteiger partial charge in [-0.3, -0.25) is 14.4 Å². The number of nitrogens with zero attached hydrogens (tertiary/aromatic N) is 2. The summed E-state index contributed by atoms with van der Waals surface area (Å²) in [6, 6.07) is -0.827. The van der Waals surface area contributed by atoms with Crippen LogP contribution >= 0.6 is 0 Å². The van der Waals surface area contributed by atoms with E-state index in [4.69, 9.17) is 5.11 Å². The van der Waals surface area contributed by atoms with Crippen molar-refractivity contribution in [1.82, 2.24) is 20.2 Å². The van der Waals surface area contributed by atoms with Gasteiger partial charge in [-0.15, -0.1) is 0 Å². The Morgan fingerprint density at radius 2 is 1.88 bits per heavy atom. The summed E-state index contributed by atoms with van der Waals surface area (Å²) in [6.45, 7) is 9.74. The summed E-state index contributed by atoms with van der Waals surface area (Å²) in [5.41, 5.74) is 1.30. The summed E-state index contributed by atoms with van der Waals surface area (Å²) in [5, 5.41) is 13.2. The van der Waals surface area contributed by atoms with Gasteiger partial charge in [0.15, 0.2) is 0 Å². The summed E-state index contributed by atoms with van der Waals surface area (Å²) in [5.74, 6) is -2.05. The van der Waals surface area contributed by atoms with Gasteiger partial charge >= 0.3 is 5.97 Å². The number of carboxylic acid groups (broad SMARTS) is 1. The van der Waals surface area contributed by atoms with Crippen molar-refractivity contribution in [3.8, 4) is 0 Å². The zero-order chi connectivity index (χ0) is 19.6. The number of aryl methyl sites for hydroxylation is 1. The molecule has 1 heterocycles. The molecule has 0 unspecified atom stereocenters. The van der Waals surface area contributed by atoms with Crippen LogP contribution in [-0.4, -0.2) is 45.0 Å². The Bertz CT molecular complexity index is 575. The number of aliphatic carboxylic acids is 1. The van der Waals surface area contributed by atoms with E-state index in [9.17, 15) is 14.4 Å². The fourth-order valence-corrected chi connectivity index (χ4v) is 1.53. The standard InChI is InChI=1S/C11H16N4O4.C6H14/c1-7(16)14-9(11(19)13-5-10(17)18)3-8-4-12-6-15(8)2;1-5-6(2,3)4/h4,6,9H,3,5H2,1-2H3,(H,13,19)(H,14,16)(H,17,18);5H2,1-4H3/t9-;/m0./s1. The Kier molecular flexibility index (Phi) is 9.48. The Hall–Kier alpha value is -2.38. The number of carboxylic acids is 1. The molecule has 0 aromatic carbocycles. The molecule has 2 amide bonds. The number of nitrogens with one attached hydrogen (secondary N) is 2. The number of carbonyl (C=O) groups is 3. The normalized spacial score (nSPS) is 11.8. The zero-order valence-corrected chi connectivity index (χ0v) is 15.9. The lowest BCUT2D eigenvalue weighted by Crippen LogP contribution is -2.48. The van der Waals surface area contributed by atoms with Gasteiger partial charge in [-0.05, 0) is 5.41 Å². The maximum Gasteiger partial charge on any atom is 0.322 e. The monoisotopic (exact) mass is 354 g/mol. The van der Waals surface area contributed by atoms with Gasteiger partial charge in [0.1, 0.15) is 12.6 Å². The number of carbonyl (C=O) groups excluding carboxylic acids is 2. The molecule has 0 aliphatic carbocycles. The van der Waals surface area contributed by atoms with Gasteiger partial charge in [0, 0.05) is 32.3 Å². The van der Waals surface area contributed by atoms with Gasteiger partial charge in [0.25, 0.3) is 0 Å². The molecule has 0 aliphatic rings. The van der Waals surface area contributed by atoms with Crippen molar-refractivity contribution in [1.29, 1.82) is 0 Å². The summed E-state index contributed by atoms with van der Waals surface area (Å²) < 4.78 is 1.72. The van der Waals surface area contributed by atoms with E-state index in [1.807, 2.05) is 0 Å². The highest BCUT2D eigenvalue weighted by molar-refractivity contribution is 5.88. The van der Waals surface area contributed by atoms with Crippen molar-refractivity contribution < 1.29 is 19.5 Å². The van der Waals surface area contributed by atoms with Crippen LogP contribution in [0.15, 0.2) is 12.5 Å². The quantitative estimate of drug-likeness (QED) is 0.708. The van der Waals surface area contributed by atoms with Crippen LogP contribution in [0.1, 0.15) is 46.7 Å². The molecule has 0 fully saturated rings. The third-order valence-electron chi connectivity index (χ3n) is 3.50. The Morgan fingerprint density at radius 3 is 2.24 bits per heavy atom. The molecule has 142 valence electrons. The molecule has 0 radical (unpaired) electrons. The molecule has 1 atom stereocenters. The van der Waals surface area contributed by atoms with Crippen molar-refractivity contribution in [2.45, 2.75) is 53.5 Å². The predicted molar refractivity (Wildman–Crippen MR) is 94.9 cm³/mol. The number of imidazole rings is 1. The Balaban J connectivity index is 0.000000823. The summed E-state index contributed by atoms with van der Waals surface area (Å²) in [7, 11) is 1.77. The van der Waals surface area contributed by atoms with Gasteiger partial charge in [-0.25, -0.2) is 4.98 Å². The molecular weight excluding hydrogens is 324 g/mol. The van der Waals surface area contributed by atoms with Crippen LogP contribution in [0.4, 0.5) is 0 Å². The first-order valence-corrected chi connectivity index (χ1v) is 8.18. The minimum absolute atomic E-state index is 0.238. The average molecular weight is 354 g/mol. The first-order chi connectivity index (χ1) is 11.5. The Morgan fingerprint density at radius 1 is 1.32 bits per heavy atom. The van der Waals surface area contributed by atoms with Gasteiger partial charge in [-0.2, -0.15) is 0 Å². The van der Waals surface area contributed by atoms with E-state index in [2.05, 4.69) is 43.3 Å². The lowest BCUT2D eigenvalue weighted by atomic mass is 9.94. The molecule has 0 spiro atoms. The van der Waals surface area contributed by atoms with E-state index in [-0.39, 0.29) is 12.3 Å². The van der Waals surface area contributed by atoms with E-state index in [0.29, 0.717) is 5.41 Å². The van der Waals surface area contributed by atoms with E-state index in [1.54, 1.807) is 24.1 Å². The molecule has 0 aliphatic heterocycles. The number of aromatic nitrogens is 2. The second-order valence-electron chi connectivity index (χ2n) is 6.98. The van der Waals surface area contributed by atoms with Crippen molar-refractivity contribution >= 4 is 17.8 Å². The first-order valence-electron chi connectivity index (χ1n) is 8.18. The largest absolute Gasteiger partial charge is 0.480 e. The van der Waals surface area contributed by atoms with Crippen LogP contribution in [-0.2, 0) is 27.9 Å². The van der Waals surface area contributed by atoms with Gasteiger partial charge in [-0.1, -0.05) is 34.1 Å². The molecule has 1 aromatic heterocycles.